The van der Waals surface area contributed by atoms with Crippen LogP contribution in [0.3, 0.4) is 0 Å². The molecular weight excluding hydrogens is 446 g/mol. The van der Waals surface area contributed by atoms with Crippen molar-refractivity contribution in [1.29, 1.82) is 5.26 Å². The highest BCUT2D eigenvalue weighted by Crippen LogP contribution is 2.45. The first-order valence-corrected chi connectivity index (χ1v) is 12.8. The lowest BCUT2D eigenvalue weighted by Gasteiger charge is -2.32. The highest BCUT2D eigenvalue weighted by molar-refractivity contribution is 7.85. The Morgan fingerprint density at radius 1 is 1.21 bits per heavy atom. The smallest absolute Gasteiger partial charge is 0.104 e. The molecule has 170 valence electrons. The minimum atomic E-state index is -1.04. The monoisotopic (exact) mass is 475 g/mol. The van der Waals surface area contributed by atoms with Crippen LogP contribution in [0.1, 0.15) is 49.6 Å². The Labute approximate surface area is 203 Å². The number of hydrogen-bond acceptors (Lipinski definition) is 4. The van der Waals surface area contributed by atoms with Crippen LogP contribution in [0.5, 0.6) is 0 Å². The molecule has 3 rings (SSSR count). The van der Waals surface area contributed by atoms with Crippen molar-refractivity contribution in [3.63, 3.8) is 0 Å². The summed E-state index contributed by atoms with van der Waals surface area (Å²) in [6, 6.07) is 19.8. The lowest BCUT2D eigenvalue weighted by atomic mass is 9.79. The maximum atomic E-state index is 12.5. The molecule has 0 aliphatic heterocycles. The largest absolute Gasteiger partial charge is 0.388 e. The maximum Gasteiger partial charge on any atom is 0.104 e. The van der Waals surface area contributed by atoms with Crippen molar-refractivity contribution in [3.8, 4) is 17.2 Å². The van der Waals surface area contributed by atoms with Crippen LogP contribution >= 0.6 is 11.3 Å². The van der Waals surface area contributed by atoms with E-state index in [2.05, 4.69) is 31.0 Å². The number of hydrogen-bond donors (Lipinski definition) is 1. The minimum absolute atomic E-state index is 0.0601. The molecule has 3 atom stereocenters. The van der Waals surface area contributed by atoms with Crippen molar-refractivity contribution in [2.45, 2.75) is 49.3 Å². The van der Waals surface area contributed by atoms with E-state index in [1.54, 1.807) is 24.3 Å². The van der Waals surface area contributed by atoms with Crippen molar-refractivity contribution < 1.29 is 4.21 Å². The van der Waals surface area contributed by atoms with E-state index >= 15 is 0 Å². The quantitative estimate of drug-likeness (QED) is 0.234. The van der Waals surface area contributed by atoms with Crippen LogP contribution in [0.25, 0.3) is 11.1 Å². The Bertz CT molecular complexity index is 1230. The van der Waals surface area contributed by atoms with Gasteiger partial charge in [0.1, 0.15) is 5.54 Å². The molecule has 0 saturated carbocycles. The van der Waals surface area contributed by atoms with Crippen molar-refractivity contribution in [2.75, 3.05) is 0 Å². The maximum absolute atomic E-state index is 12.5. The molecule has 0 amide bonds. The summed E-state index contributed by atoms with van der Waals surface area (Å²) in [7, 11) is -1.04. The van der Waals surface area contributed by atoms with Crippen LogP contribution in [-0.2, 0) is 16.3 Å². The van der Waals surface area contributed by atoms with Crippen LogP contribution < -0.4 is 5.73 Å². The van der Waals surface area contributed by atoms with Crippen molar-refractivity contribution in [3.05, 3.63) is 88.6 Å². The first-order chi connectivity index (χ1) is 15.7. The second kappa shape index (κ2) is 10.3. The van der Waals surface area contributed by atoms with Gasteiger partial charge in [0.25, 0.3) is 0 Å². The van der Waals surface area contributed by atoms with Crippen LogP contribution in [-0.4, -0.2) is 15.3 Å². The highest BCUT2D eigenvalue weighted by Gasteiger charge is 2.37. The van der Waals surface area contributed by atoms with E-state index in [0.717, 1.165) is 26.5 Å². The Kier molecular flexibility index (Phi) is 7.68. The van der Waals surface area contributed by atoms with Crippen LogP contribution in [0.15, 0.2) is 82.5 Å². The lowest BCUT2D eigenvalue weighted by Crippen LogP contribution is -2.29. The normalized spacial score (nSPS) is 15.5. The molecule has 0 radical (unpaired) electrons. The molecule has 6 heteroatoms. The molecule has 2 aromatic carbocycles. The molecule has 0 fully saturated rings. The van der Waals surface area contributed by atoms with Crippen molar-refractivity contribution in [1.82, 2.24) is 0 Å². The zero-order chi connectivity index (χ0) is 24.2. The summed E-state index contributed by atoms with van der Waals surface area (Å²) < 4.78 is 12.5. The van der Waals surface area contributed by atoms with E-state index in [0.29, 0.717) is 11.4 Å². The number of rotatable bonds is 8. The van der Waals surface area contributed by atoms with Gasteiger partial charge >= 0.3 is 0 Å². The van der Waals surface area contributed by atoms with Gasteiger partial charge in [0.05, 0.1) is 28.3 Å². The minimum Gasteiger partial charge on any atom is -0.388 e. The van der Waals surface area contributed by atoms with E-state index in [-0.39, 0.29) is 11.2 Å². The van der Waals surface area contributed by atoms with Crippen molar-refractivity contribution >= 4 is 28.0 Å². The van der Waals surface area contributed by atoms with Gasteiger partial charge in [0.15, 0.2) is 0 Å². The molecule has 1 heterocycles. The van der Waals surface area contributed by atoms with Gasteiger partial charge in [-0.1, -0.05) is 44.2 Å². The highest BCUT2D eigenvalue weighted by atomic mass is 32.2. The third-order valence-electron chi connectivity index (χ3n) is 5.57. The van der Waals surface area contributed by atoms with Gasteiger partial charge in [-0.2, -0.15) is 5.26 Å². The summed E-state index contributed by atoms with van der Waals surface area (Å²) in [5.74, 6) is 0.345. The van der Waals surface area contributed by atoms with Crippen LogP contribution in [0.2, 0.25) is 0 Å². The molecule has 0 saturated heterocycles. The zero-order valence-electron chi connectivity index (χ0n) is 19.4. The zero-order valence-corrected chi connectivity index (χ0v) is 21.0. The summed E-state index contributed by atoms with van der Waals surface area (Å²) in [6.07, 6.45) is 1.90. The summed E-state index contributed by atoms with van der Waals surface area (Å²) in [4.78, 5) is 6.73. The molecule has 0 spiro atoms. The Morgan fingerprint density at radius 3 is 2.48 bits per heavy atom. The molecule has 4 nitrogen and oxygen atoms in total. The van der Waals surface area contributed by atoms with Gasteiger partial charge in [-0.3, -0.25) is 9.20 Å². The van der Waals surface area contributed by atoms with Crippen LogP contribution in [0.4, 0.5) is 0 Å². The Balaban J connectivity index is 2.06. The molecule has 2 N–H and O–H groups in total. The average molecular weight is 476 g/mol. The van der Waals surface area contributed by atoms with E-state index in [4.69, 9.17) is 10.7 Å². The number of benzene rings is 2. The second-order valence-electron chi connectivity index (χ2n) is 8.42. The van der Waals surface area contributed by atoms with E-state index in [9.17, 15) is 9.47 Å². The first kappa shape index (κ1) is 24.6. The third-order valence-corrected chi connectivity index (χ3v) is 8.32. The van der Waals surface area contributed by atoms with Gasteiger partial charge in [-0.05, 0) is 66.2 Å². The third kappa shape index (κ3) is 5.32. The summed E-state index contributed by atoms with van der Waals surface area (Å²) >= 11 is 1.62. The average Bonchev–Trinajstić information content (AvgIpc) is 3.30. The van der Waals surface area contributed by atoms with E-state index in [1.165, 1.54) is 0 Å². The standard InChI is InChI=1S/C27H29N3OS2/c1-6-25(21-10-12-24(13-11-21)33(31)18(2)3)27(5,30-19(4)29)26-15-23(17-32-26)22-9-7-8-20(14-22)16-28/h6-15,17-18,25H,1H2,2-5H3,(H2,29,30). The Hall–Kier alpha value is -3.01. The van der Waals surface area contributed by atoms with Gasteiger partial charge in [-0.25, -0.2) is 0 Å². The molecule has 0 aliphatic rings. The summed E-state index contributed by atoms with van der Waals surface area (Å²) in [5, 5.41) is 11.4. The molecule has 3 unspecified atom stereocenters. The molecule has 0 aliphatic carbocycles. The van der Waals surface area contributed by atoms with Crippen molar-refractivity contribution in [2.24, 2.45) is 10.7 Å². The van der Waals surface area contributed by atoms with Gasteiger partial charge in [-0.15, -0.1) is 17.9 Å². The lowest BCUT2D eigenvalue weighted by molar-refractivity contribution is 0.454. The van der Waals surface area contributed by atoms with Gasteiger partial charge in [0.2, 0.25) is 0 Å². The number of aliphatic imine (C=N–C) groups is 1. The predicted octanol–water partition coefficient (Wildman–Crippen LogP) is 6.36. The Morgan fingerprint density at radius 2 is 1.91 bits per heavy atom. The number of amidine groups is 1. The molecule has 1 aromatic heterocycles. The fourth-order valence-electron chi connectivity index (χ4n) is 3.94. The number of nitrogens with zero attached hydrogens (tertiary/aromatic N) is 2. The number of nitrogens with two attached hydrogens (primary N) is 1. The number of nitriles is 1. The summed E-state index contributed by atoms with van der Waals surface area (Å²) in [6.45, 7) is 11.9. The topological polar surface area (TPSA) is 79.2 Å². The molecular formula is C27H29N3OS2. The predicted molar refractivity (Wildman–Crippen MR) is 140 cm³/mol. The second-order valence-corrected chi connectivity index (χ2v) is 11.3. The molecule has 33 heavy (non-hydrogen) atoms. The fraction of sp³-hybridized carbons (Fsp3) is 0.259. The molecule has 3 aromatic rings. The summed E-state index contributed by atoms with van der Waals surface area (Å²) in [5.41, 5.74) is 9.09. The fourth-order valence-corrected chi connectivity index (χ4v) is 5.95. The van der Waals surface area contributed by atoms with Crippen LogP contribution in [0, 0.1) is 11.3 Å². The first-order valence-electron chi connectivity index (χ1n) is 10.7. The van der Waals surface area contributed by atoms with E-state index in [1.807, 2.05) is 62.4 Å². The van der Waals surface area contributed by atoms with Gasteiger partial charge < -0.3 is 5.73 Å². The van der Waals surface area contributed by atoms with E-state index < -0.39 is 16.3 Å². The van der Waals surface area contributed by atoms with Gasteiger partial charge in [0, 0.05) is 20.9 Å². The molecule has 0 bridgehead atoms. The number of thiophene rings is 1. The SMILES string of the molecule is C=CC(c1ccc(S(=O)C(C)C)cc1)C(C)(N=C(C)N)c1cc(-c2cccc(C#N)c2)cs1.